The van der Waals surface area contributed by atoms with Gasteiger partial charge in [0.15, 0.2) is 18.1 Å². The molecule has 0 saturated carbocycles. The Bertz CT molecular complexity index is 1210. The number of cyclic esters (lactones) is 1. The second-order valence-corrected chi connectivity index (χ2v) is 6.74. The Morgan fingerprint density at radius 2 is 1.55 bits per heavy atom. The van der Waals surface area contributed by atoms with Gasteiger partial charge in [0, 0.05) is 5.57 Å². The summed E-state index contributed by atoms with van der Waals surface area (Å²) in [6.45, 7) is -0.0737. The summed E-state index contributed by atoms with van der Waals surface area (Å²) < 4.78 is 16.5. The van der Waals surface area contributed by atoms with Crippen molar-refractivity contribution in [3.63, 3.8) is 0 Å². The Morgan fingerprint density at radius 3 is 2.16 bits per heavy atom. The fraction of sp³-hybridized carbons (Fsp3) is 0.0769. The molecule has 0 bridgehead atoms. The molecule has 31 heavy (non-hydrogen) atoms. The zero-order chi connectivity index (χ0) is 21.6. The Labute approximate surface area is 180 Å². The lowest BCUT2D eigenvalue weighted by atomic mass is 9.94. The molecule has 0 atom stereocenters. The molecule has 0 radical (unpaired) electrons. The lowest BCUT2D eigenvalue weighted by Crippen LogP contribution is -1.98. The third-order valence-electron chi connectivity index (χ3n) is 4.81. The number of carbonyl (C=O) groups excluding carboxylic acids is 1. The predicted molar refractivity (Wildman–Crippen MR) is 118 cm³/mol. The first-order chi connectivity index (χ1) is 15.2. The van der Waals surface area contributed by atoms with Crippen LogP contribution in [0.4, 0.5) is 0 Å². The number of nitrogens with zero attached hydrogens (tertiary/aromatic N) is 1. The SMILES string of the molecule is COc1cc(/C=C2\OC(=O)C(c3ccccc3)=C2c2ccccc2)ccc1OCC#N. The van der Waals surface area contributed by atoms with Gasteiger partial charge in [0.05, 0.1) is 12.7 Å². The number of benzene rings is 3. The van der Waals surface area contributed by atoms with Crippen LogP contribution in [-0.2, 0) is 9.53 Å². The van der Waals surface area contributed by atoms with Crippen LogP contribution in [0.1, 0.15) is 16.7 Å². The molecule has 0 saturated heterocycles. The van der Waals surface area contributed by atoms with E-state index in [9.17, 15) is 4.79 Å². The van der Waals surface area contributed by atoms with Crippen LogP contribution in [0.15, 0.2) is 84.6 Å². The van der Waals surface area contributed by atoms with Crippen molar-refractivity contribution in [3.05, 3.63) is 101 Å². The number of rotatable bonds is 6. The van der Waals surface area contributed by atoms with Gasteiger partial charge in [-0.3, -0.25) is 0 Å². The molecule has 0 N–H and O–H groups in total. The van der Waals surface area contributed by atoms with Crippen molar-refractivity contribution in [2.75, 3.05) is 13.7 Å². The third-order valence-corrected chi connectivity index (χ3v) is 4.81. The van der Waals surface area contributed by atoms with Crippen molar-refractivity contribution >= 4 is 23.2 Å². The molecule has 1 heterocycles. The zero-order valence-electron chi connectivity index (χ0n) is 16.9. The van der Waals surface area contributed by atoms with Crippen molar-refractivity contribution in [1.82, 2.24) is 0 Å². The van der Waals surface area contributed by atoms with E-state index in [0.717, 1.165) is 22.3 Å². The summed E-state index contributed by atoms with van der Waals surface area (Å²) in [4.78, 5) is 12.9. The summed E-state index contributed by atoms with van der Waals surface area (Å²) in [5.74, 6) is 1.03. The highest BCUT2D eigenvalue weighted by Gasteiger charge is 2.31. The van der Waals surface area contributed by atoms with Gasteiger partial charge in [-0.1, -0.05) is 66.7 Å². The first-order valence-electron chi connectivity index (χ1n) is 9.68. The van der Waals surface area contributed by atoms with E-state index in [-0.39, 0.29) is 6.61 Å². The monoisotopic (exact) mass is 409 g/mol. The third kappa shape index (κ3) is 4.19. The fourth-order valence-corrected chi connectivity index (χ4v) is 3.44. The van der Waals surface area contributed by atoms with E-state index in [1.54, 1.807) is 18.2 Å². The summed E-state index contributed by atoms with van der Waals surface area (Å²) in [5.41, 5.74) is 3.72. The van der Waals surface area contributed by atoms with Gasteiger partial charge < -0.3 is 14.2 Å². The molecule has 0 spiro atoms. The second-order valence-electron chi connectivity index (χ2n) is 6.74. The van der Waals surface area contributed by atoms with Crippen molar-refractivity contribution in [3.8, 4) is 17.6 Å². The first kappa shape index (κ1) is 20.0. The Morgan fingerprint density at radius 1 is 0.903 bits per heavy atom. The van der Waals surface area contributed by atoms with Crippen LogP contribution in [0.3, 0.4) is 0 Å². The minimum Gasteiger partial charge on any atom is -0.493 e. The molecule has 1 aliphatic rings. The minimum absolute atomic E-state index is 0.0737. The fourth-order valence-electron chi connectivity index (χ4n) is 3.44. The first-order valence-corrected chi connectivity index (χ1v) is 9.68. The van der Waals surface area contributed by atoms with Crippen LogP contribution >= 0.6 is 0 Å². The van der Waals surface area contributed by atoms with Crippen LogP contribution in [0.5, 0.6) is 11.5 Å². The van der Waals surface area contributed by atoms with Crippen molar-refractivity contribution in [1.29, 1.82) is 5.26 Å². The Hall–Kier alpha value is -4.30. The highest BCUT2D eigenvalue weighted by atomic mass is 16.5. The van der Waals surface area contributed by atoms with E-state index < -0.39 is 5.97 Å². The van der Waals surface area contributed by atoms with Gasteiger partial charge in [0.2, 0.25) is 0 Å². The molecule has 5 heteroatoms. The normalized spacial score (nSPS) is 14.3. The molecule has 0 aromatic heterocycles. The maximum Gasteiger partial charge on any atom is 0.344 e. The number of hydrogen-bond acceptors (Lipinski definition) is 5. The largest absolute Gasteiger partial charge is 0.493 e. The van der Waals surface area contributed by atoms with Crippen LogP contribution in [0, 0.1) is 11.3 Å². The van der Waals surface area contributed by atoms with Gasteiger partial charge in [0.25, 0.3) is 0 Å². The Balaban J connectivity index is 1.83. The molecule has 4 rings (SSSR count). The zero-order valence-corrected chi connectivity index (χ0v) is 16.9. The summed E-state index contributed by atoms with van der Waals surface area (Å²) in [7, 11) is 1.53. The van der Waals surface area contributed by atoms with Crippen molar-refractivity contribution in [2.24, 2.45) is 0 Å². The molecular formula is C26H19NO4. The van der Waals surface area contributed by atoms with Gasteiger partial charge >= 0.3 is 5.97 Å². The average Bonchev–Trinajstić information content (AvgIpc) is 3.14. The summed E-state index contributed by atoms with van der Waals surface area (Å²) in [6.07, 6.45) is 1.80. The molecule has 0 amide bonds. The van der Waals surface area contributed by atoms with Gasteiger partial charge in [0.1, 0.15) is 11.8 Å². The topological polar surface area (TPSA) is 68.6 Å². The van der Waals surface area contributed by atoms with Crippen molar-refractivity contribution < 1.29 is 19.0 Å². The number of methoxy groups -OCH3 is 1. The average molecular weight is 409 g/mol. The molecule has 0 aliphatic carbocycles. The number of esters is 1. The molecule has 152 valence electrons. The smallest absolute Gasteiger partial charge is 0.344 e. The number of carbonyl (C=O) groups is 1. The molecule has 0 unspecified atom stereocenters. The number of allylic oxidation sites excluding steroid dienone is 1. The van der Waals surface area contributed by atoms with Gasteiger partial charge in [-0.15, -0.1) is 0 Å². The van der Waals surface area contributed by atoms with Crippen LogP contribution in [0.2, 0.25) is 0 Å². The molecule has 0 fully saturated rings. The van der Waals surface area contributed by atoms with Gasteiger partial charge in [-0.2, -0.15) is 5.26 Å². The van der Waals surface area contributed by atoms with Gasteiger partial charge in [-0.25, -0.2) is 4.79 Å². The lowest BCUT2D eigenvalue weighted by Gasteiger charge is -2.10. The van der Waals surface area contributed by atoms with E-state index in [0.29, 0.717) is 22.8 Å². The number of nitriles is 1. The van der Waals surface area contributed by atoms with Crippen LogP contribution in [0.25, 0.3) is 17.2 Å². The quantitative estimate of drug-likeness (QED) is 0.530. The molecular weight excluding hydrogens is 390 g/mol. The molecule has 3 aromatic rings. The standard InChI is InChI=1S/C26H19NO4/c1-29-22-16-18(12-13-21(22)30-15-14-27)17-23-24(19-8-4-2-5-9-19)25(26(28)31-23)20-10-6-3-7-11-20/h2-13,16-17H,15H2,1H3/b23-17-. The maximum absolute atomic E-state index is 12.9. The maximum atomic E-state index is 12.9. The van der Waals surface area contributed by atoms with E-state index in [1.807, 2.05) is 72.8 Å². The molecule has 3 aromatic carbocycles. The van der Waals surface area contributed by atoms with E-state index >= 15 is 0 Å². The van der Waals surface area contributed by atoms with Crippen LogP contribution in [-0.4, -0.2) is 19.7 Å². The number of hydrogen-bond donors (Lipinski definition) is 0. The predicted octanol–water partition coefficient (Wildman–Crippen LogP) is 5.11. The Kier molecular flexibility index (Phi) is 5.82. The van der Waals surface area contributed by atoms with Crippen molar-refractivity contribution in [2.45, 2.75) is 0 Å². The molecule has 1 aliphatic heterocycles. The van der Waals surface area contributed by atoms with Crippen LogP contribution < -0.4 is 9.47 Å². The number of ether oxygens (including phenoxy) is 3. The van der Waals surface area contributed by atoms with Gasteiger partial charge in [-0.05, 0) is 34.9 Å². The summed E-state index contributed by atoms with van der Waals surface area (Å²) >= 11 is 0. The summed E-state index contributed by atoms with van der Waals surface area (Å²) in [6, 6.07) is 26.4. The van der Waals surface area contributed by atoms with E-state index in [1.165, 1.54) is 7.11 Å². The second kappa shape index (κ2) is 9.02. The highest BCUT2D eigenvalue weighted by molar-refractivity contribution is 6.30. The van der Waals surface area contributed by atoms with E-state index in [2.05, 4.69) is 0 Å². The highest BCUT2D eigenvalue weighted by Crippen LogP contribution is 2.41. The minimum atomic E-state index is -0.391. The summed E-state index contributed by atoms with van der Waals surface area (Å²) in [5, 5.41) is 8.74. The lowest BCUT2D eigenvalue weighted by molar-refractivity contribution is -0.131. The van der Waals surface area contributed by atoms with E-state index in [4.69, 9.17) is 19.5 Å². The molecule has 5 nitrogen and oxygen atoms in total.